The Kier molecular flexibility index (Phi) is 6.55. The van der Waals surface area contributed by atoms with Crippen LogP contribution >= 0.6 is 0 Å². The average molecular weight is 321 g/mol. The highest BCUT2D eigenvalue weighted by Gasteiger charge is 2.32. The zero-order chi connectivity index (χ0) is 17.0. The molecule has 0 bridgehead atoms. The number of ether oxygens (including phenoxy) is 1. The standard InChI is InChI=1S/C15H29F2N3O2/c1-11-8-12(6-7-20(11)5)18-9-15(16,17)10-19-13(21)22-14(2,3)4/h11-12,18H,6-10H2,1-5H3,(H,19,21). The lowest BCUT2D eigenvalue weighted by Gasteiger charge is -2.36. The van der Waals surface area contributed by atoms with Gasteiger partial charge in [-0.05, 0) is 54.1 Å². The molecule has 0 aromatic heterocycles. The lowest BCUT2D eigenvalue weighted by molar-refractivity contribution is -0.00785. The largest absolute Gasteiger partial charge is 0.444 e. The number of nitrogens with one attached hydrogen (secondary N) is 2. The van der Waals surface area contributed by atoms with Gasteiger partial charge in [-0.3, -0.25) is 0 Å². The molecule has 0 aromatic rings. The van der Waals surface area contributed by atoms with Crippen molar-refractivity contribution in [3.8, 4) is 0 Å². The van der Waals surface area contributed by atoms with E-state index in [2.05, 4.69) is 22.5 Å². The summed E-state index contributed by atoms with van der Waals surface area (Å²) in [6.45, 7) is 6.90. The fourth-order valence-electron chi connectivity index (χ4n) is 2.35. The van der Waals surface area contributed by atoms with Gasteiger partial charge in [-0.25, -0.2) is 13.6 Å². The number of alkyl carbamates (subject to hydrolysis) is 1. The lowest BCUT2D eigenvalue weighted by atomic mass is 9.99. The first-order chi connectivity index (χ1) is 9.98. The Morgan fingerprint density at radius 1 is 1.32 bits per heavy atom. The van der Waals surface area contributed by atoms with Crippen LogP contribution in [0.25, 0.3) is 0 Å². The number of nitrogens with zero attached hydrogens (tertiary/aromatic N) is 1. The molecule has 2 unspecified atom stereocenters. The highest BCUT2D eigenvalue weighted by molar-refractivity contribution is 5.67. The van der Waals surface area contributed by atoms with E-state index in [-0.39, 0.29) is 6.04 Å². The first kappa shape index (κ1) is 19.1. The molecule has 1 saturated heterocycles. The van der Waals surface area contributed by atoms with Crippen molar-refractivity contribution in [1.82, 2.24) is 15.5 Å². The molecule has 0 spiro atoms. The van der Waals surface area contributed by atoms with Gasteiger partial charge in [-0.15, -0.1) is 0 Å². The van der Waals surface area contributed by atoms with Gasteiger partial charge in [0.2, 0.25) is 0 Å². The van der Waals surface area contributed by atoms with Crippen LogP contribution in [0.4, 0.5) is 13.6 Å². The molecule has 22 heavy (non-hydrogen) atoms. The lowest BCUT2D eigenvalue weighted by Crippen LogP contribution is -2.50. The number of amides is 1. The van der Waals surface area contributed by atoms with Crippen molar-refractivity contribution in [3.63, 3.8) is 0 Å². The van der Waals surface area contributed by atoms with Gasteiger partial charge in [0.05, 0.1) is 13.1 Å². The third kappa shape index (κ3) is 7.35. The number of hydrogen-bond acceptors (Lipinski definition) is 4. The maximum Gasteiger partial charge on any atom is 0.407 e. The van der Waals surface area contributed by atoms with Crippen LogP contribution in [0.5, 0.6) is 0 Å². The molecule has 0 saturated carbocycles. The molecule has 1 heterocycles. The fourth-order valence-corrected chi connectivity index (χ4v) is 2.35. The fraction of sp³-hybridized carbons (Fsp3) is 0.933. The van der Waals surface area contributed by atoms with E-state index in [0.29, 0.717) is 6.04 Å². The van der Waals surface area contributed by atoms with Gasteiger partial charge in [0.1, 0.15) is 5.60 Å². The van der Waals surface area contributed by atoms with Gasteiger partial charge in [-0.2, -0.15) is 0 Å². The number of alkyl halides is 2. The van der Waals surface area contributed by atoms with E-state index in [0.717, 1.165) is 19.4 Å². The van der Waals surface area contributed by atoms with E-state index in [1.165, 1.54) is 0 Å². The summed E-state index contributed by atoms with van der Waals surface area (Å²) in [6.07, 6.45) is 0.891. The van der Waals surface area contributed by atoms with Crippen LogP contribution in [-0.4, -0.2) is 61.3 Å². The summed E-state index contributed by atoms with van der Waals surface area (Å²) in [5, 5.41) is 5.04. The first-order valence-electron chi connectivity index (χ1n) is 7.77. The number of rotatable bonds is 5. The summed E-state index contributed by atoms with van der Waals surface area (Å²) >= 11 is 0. The van der Waals surface area contributed by atoms with Crippen molar-refractivity contribution in [2.24, 2.45) is 0 Å². The Labute approximate surface area is 131 Å². The highest BCUT2D eigenvalue weighted by Crippen LogP contribution is 2.17. The van der Waals surface area contributed by atoms with Crippen LogP contribution < -0.4 is 10.6 Å². The van der Waals surface area contributed by atoms with E-state index >= 15 is 0 Å². The first-order valence-corrected chi connectivity index (χ1v) is 7.77. The predicted octanol–water partition coefficient (Wildman–Crippen LogP) is 2.22. The Balaban J connectivity index is 2.30. The van der Waals surface area contributed by atoms with E-state index < -0.39 is 30.7 Å². The molecule has 1 fully saturated rings. The SMILES string of the molecule is CC1CC(NCC(F)(F)CNC(=O)OC(C)(C)C)CCN1C. The molecule has 2 atom stereocenters. The van der Waals surface area contributed by atoms with Crippen molar-refractivity contribution in [3.05, 3.63) is 0 Å². The van der Waals surface area contributed by atoms with Crippen LogP contribution in [0.3, 0.4) is 0 Å². The molecule has 7 heteroatoms. The van der Waals surface area contributed by atoms with E-state index in [4.69, 9.17) is 4.74 Å². The monoisotopic (exact) mass is 321 g/mol. The van der Waals surface area contributed by atoms with Gasteiger partial charge >= 0.3 is 6.09 Å². The summed E-state index contributed by atoms with van der Waals surface area (Å²) < 4.78 is 32.5. The maximum absolute atomic E-state index is 13.8. The molecular formula is C15H29F2N3O2. The number of carbonyl (C=O) groups is 1. The Hall–Kier alpha value is -0.950. The van der Waals surface area contributed by atoms with Crippen LogP contribution in [-0.2, 0) is 4.74 Å². The van der Waals surface area contributed by atoms with Gasteiger partial charge in [0.25, 0.3) is 5.92 Å². The minimum Gasteiger partial charge on any atom is -0.444 e. The number of likely N-dealkylation sites (tertiary alicyclic amines) is 1. The zero-order valence-electron chi connectivity index (χ0n) is 14.2. The zero-order valence-corrected chi connectivity index (χ0v) is 14.2. The molecule has 0 aromatic carbocycles. The van der Waals surface area contributed by atoms with Crippen molar-refractivity contribution in [2.75, 3.05) is 26.7 Å². The normalized spacial score (nSPS) is 24.1. The van der Waals surface area contributed by atoms with E-state index in [1.54, 1.807) is 20.8 Å². The number of halogens is 2. The minimum absolute atomic E-state index is 0.0959. The van der Waals surface area contributed by atoms with Crippen molar-refractivity contribution in [1.29, 1.82) is 0 Å². The second kappa shape index (κ2) is 7.55. The summed E-state index contributed by atoms with van der Waals surface area (Å²) in [6, 6.07) is 0.485. The topological polar surface area (TPSA) is 53.6 Å². The van der Waals surface area contributed by atoms with Crippen LogP contribution in [0.15, 0.2) is 0 Å². The summed E-state index contributed by atoms with van der Waals surface area (Å²) in [4.78, 5) is 13.6. The third-order valence-corrected chi connectivity index (χ3v) is 3.75. The second-order valence-corrected chi connectivity index (χ2v) is 7.14. The number of carbonyl (C=O) groups excluding carboxylic acids is 1. The predicted molar refractivity (Wildman–Crippen MR) is 82.3 cm³/mol. The van der Waals surface area contributed by atoms with Crippen molar-refractivity contribution >= 4 is 6.09 Å². The Bertz CT molecular complexity index is 372. The molecular weight excluding hydrogens is 292 g/mol. The number of hydrogen-bond donors (Lipinski definition) is 2. The highest BCUT2D eigenvalue weighted by atomic mass is 19.3. The van der Waals surface area contributed by atoms with Crippen LogP contribution in [0, 0.1) is 0 Å². The molecule has 0 aliphatic carbocycles. The molecule has 1 amide bonds. The molecule has 1 rings (SSSR count). The van der Waals surface area contributed by atoms with Crippen molar-refractivity contribution < 1.29 is 18.3 Å². The van der Waals surface area contributed by atoms with Gasteiger partial charge < -0.3 is 20.3 Å². The van der Waals surface area contributed by atoms with E-state index in [1.807, 2.05) is 7.05 Å². The molecule has 5 nitrogen and oxygen atoms in total. The summed E-state index contributed by atoms with van der Waals surface area (Å²) in [5.74, 6) is -3.00. The molecule has 0 radical (unpaired) electrons. The average Bonchev–Trinajstić information content (AvgIpc) is 2.36. The Morgan fingerprint density at radius 2 is 1.95 bits per heavy atom. The molecule has 1 aliphatic rings. The molecule has 1 aliphatic heterocycles. The van der Waals surface area contributed by atoms with E-state index in [9.17, 15) is 13.6 Å². The van der Waals surface area contributed by atoms with Crippen molar-refractivity contribution in [2.45, 2.75) is 64.1 Å². The summed E-state index contributed by atoms with van der Waals surface area (Å²) in [7, 11) is 2.04. The second-order valence-electron chi connectivity index (χ2n) is 7.14. The maximum atomic E-state index is 13.8. The minimum atomic E-state index is -3.00. The van der Waals surface area contributed by atoms with Gasteiger partial charge in [-0.1, -0.05) is 0 Å². The molecule has 2 N–H and O–H groups in total. The summed E-state index contributed by atoms with van der Waals surface area (Å²) in [5.41, 5.74) is -0.693. The molecule has 130 valence electrons. The van der Waals surface area contributed by atoms with Crippen LogP contribution in [0.2, 0.25) is 0 Å². The van der Waals surface area contributed by atoms with Gasteiger partial charge in [0.15, 0.2) is 0 Å². The number of piperidine rings is 1. The third-order valence-electron chi connectivity index (χ3n) is 3.75. The Morgan fingerprint density at radius 3 is 2.50 bits per heavy atom. The smallest absolute Gasteiger partial charge is 0.407 e. The van der Waals surface area contributed by atoms with Gasteiger partial charge in [0, 0.05) is 12.1 Å². The van der Waals surface area contributed by atoms with Crippen LogP contribution in [0.1, 0.15) is 40.5 Å². The quantitative estimate of drug-likeness (QED) is 0.815.